The lowest BCUT2D eigenvalue weighted by atomic mass is 10.2. The van der Waals surface area contributed by atoms with Gasteiger partial charge >= 0.3 is 5.69 Å². The normalized spacial score (nSPS) is 23.6. The van der Waals surface area contributed by atoms with E-state index in [1.54, 1.807) is 0 Å². The zero-order valence-corrected chi connectivity index (χ0v) is 8.84. The summed E-state index contributed by atoms with van der Waals surface area (Å²) in [6.45, 7) is 0.588. The molecule has 2 rings (SSSR count). The monoisotopic (exact) mass is 242 g/mol. The maximum absolute atomic E-state index is 13.7. The van der Waals surface area contributed by atoms with Gasteiger partial charge in [-0.2, -0.15) is 4.39 Å². The number of nitrogens with two attached hydrogens (primary N) is 1. The van der Waals surface area contributed by atoms with Crippen molar-refractivity contribution in [2.75, 3.05) is 13.2 Å². The predicted octanol–water partition coefficient (Wildman–Crippen LogP) is 0.839. The summed E-state index contributed by atoms with van der Waals surface area (Å²) in [5, 5.41) is 10.5. The molecule has 7 heteroatoms. The van der Waals surface area contributed by atoms with Crippen molar-refractivity contribution in [1.82, 2.24) is 0 Å². The Morgan fingerprint density at radius 3 is 2.88 bits per heavy atom. The van der Waals surface area contributed by atoms with E-state index in [0.29, 0.717) is 6.61 Å². The van der Waals surface area contributed by atoms with Crippen LogP contribution in [0.25, 0.3) is 0 Å². The molecule has 1 aromatic carbocycles. The molecule has 6 nitrogen and oxygen atoms in total. The van der Waals surface area contributed by atoms with Crippen LogP contribution in [-0.4, -0.2) is 30.3 Å². The third-order valence-electron chi connectivity index (χ3n) is 2.49. The van der Waals surface area contributed by atoms with Crippen LogP contribution >= 0.6 is 0 Å². The number of hydrogen-bond acceptors (Lipinski definition) is 5. The van der Waals surface area contributed by atoms with Crippen LogP contribution in [0.15, 0.2) is 18.2 Å². The van der Waals surface area contributed by atoms with Crippen molar-refractivity contribution >= 4 is 5.69 Å². The van der Waals surface area contributed by atoms with Crippen LogP contribution in [0, 0.1) is 15.9 Å². The van der Waals surface area contributed by atoms with Crippen molar-refractivity contribution in [1.29, 1.82) is 0 Å². The van der Waals surface area contributed by atoms with Gasteiger partial charge < -0.3 is 15.2 Å². The van der Waals surface area contributed by atoms with Gasteiger partial charge in [0.2, 0.25) is 5.82 Å². The molecule has 1 saturated heterocycles. The van der Waals surface area contributed by atoms with Crippen LogP contribution < -0.4 is 10.5 Å². The van der Waals surface area contributed by atoms with Gasteiger partial charge in [0.15, 0.2) is 5.75 Å². The summed E-state index contributed by atoms with van der Waals surface area (Å²) in [4.78, 5) is 9.74. The Kier molecular flexibility index (Phi) is 3.21. The highest BCUT2D eigenvalue weighted by Crippen LogP contribution is 2.27. The van der Waals surface area contributed by atoms with E-state index in [4.69, 9.17) is 15.2 Å². The third-order valence-corrected chi connectivity index (χ3v) is 2.49. The second-order valence-corrected chi connectivity index (χ2v) is 3.70. The summed E-state index contributed by atoms with van der Waals surface area (Å²) in [5.41, 5.74) is 5.05. The maximum Gasteiger partial charge on any atom is 0.308 e. The first-order valence-corrected chi connectivity index (χ1v) is 5.02. The van der Waals surface area contributed by atoms with E-state index in [-0.39, 0.29) is 18.4 Å². The molecule has 2 atom stereocenters. The minimum atomic E-state index is -0.989. The van der Waals surface area contributed by atoms with E-state index < -0.39 is 22.5 Å². The van der Waals surface area contributed by atoms with E-state index in [1.165, 1.54) is 12.1 Å². The number of benzene rings is 1. The second-order valence-electron chi connectivity index (χ2n) is 3.70. The number of nitro benzene ring substituents is 1. The van der Waals surface area contributed by atoms with Crippen LogP contribution in [-0.2, 0) is 4.74 Å². The largest absolute Gasteiger partial charge is 0.483 e. The second kappa shape index (κ2) is 4.64. The van der Waals surface area contributed by atoms with Crippen LogP contribution in [0.3, 0.4) is 0 Å². The molecule has 0 saturated carbocycles. The van der Waals surface area contributed by atoms with Crippen molar-refractivity contribution in [3.63, 3.8) is 0 Å². The Morgan fingerprint density at radius 2 is 2.29 bits per heavy atom. The molecule has 0 unspecified atom stereocenters. The van der Waals surface area contributed by atoms with Gasteiger partial charge in [0.05, 0.1) is 24.2 Å². The first-order valence-electron chi connectivity index (χ1n) is 5.02. The zero-order valence-electron chi connectivity index (χ0n) is 8.84. The van der Waals surface area contributed by atoms with E-state index >= 15 is 0 Å². The van der Waals surface area contributed by atoms with Gasteiger partial charge in [-0.3, -0.25) is 10.1 Å². The number of ether oxygens (including phenoxy) is 2. The highest BCUT2D eigenvalue weighted by molar-refractivity contribution is 5.40. The molecule has 0 spiro atoms. The highest BCUT2D eigenvalue weighted by Gasteiger charge is 2.29. The summed E-state index contributed by atoms with van der Waals surface area (Å²) in [7, 11) is 0. The summed E-state index contributed by atoms with van der Waals surface area (Å²) in [6, 6.07) is 3.41. The van der Waals surface area contributed by atoms with Gasteiger partial charge in [-0.25, -0.2) is 0 Å². The molecule has 1 heterocycles. The quantitative estimate of drug-likeness (QED) is 0.626. The molecule has 1 aliphatic heterocycles. The Labute approximate surface area is 96.3 Å². The number of halogens is 1. The van der Waals surface area contributed by atoms with Crippen molar-refractivity contribution in [3.05, 3.63) is 34.1 Å². The lowest BCUT2D eigenvalue weighted by Crippen LogP contribution is -2.37. The molecule has 1 aromatic rings. The van der Waals surface area contributed by atoms with Crippen molar-refractivity contribution in [2.45, 2.75) is 12.1 Å². The van der Waals surface area contributed by atoms with Crippen LogP contribution in [0.2, 0.25) is 0 Å². The molecule has 1 aliphatic rings. The molecule has 0 aromatic heterocycles. The third kappa shape index (κ3) is 2.34. The zero-order chi connectivity index (χ0) is 12.4. The fourth-order valence-corrected chi connectivity index (χ4v) is 1.57. The van der Waals surface area contributed by atoms with Gasteiger partial charge in [-0.15, -0.1) is 0 Å². The van der Waals surface area contributed by atoms with E-state index in [0.717, 1.165) is 6.07 Å². The first kappa shape index (κ1) is 11.7. The molecule has 0 radical (unpaired) electrons. The molecule has 0 amide bonds. The topological polar surface area (TPSA) is 87.6 Å². The standard InChI is InChI=1S/C10H11FN2O4/c11-10-7(13(14)15)2-1-3-8(10)17-9-5-16-4-6(9)12/h1-3,6,9H,4-5,12H2/t6-,9+/m0/s1. The molecule has 1 fully saturated rings. The molecule has 92 valence electrons. The van der Waals surface area contributed by atoms with Crippen LogP contribution in [0.1, 0.15) is 0 Å². The van der Waals surface area contributed by atoms with Crippen LogP contribution in [0.4, 0.5) is 10.1 Å². The Morgan fingerprint density at radius 1 is 1.53 bits per heavy atom. The lowest BCUT2D eigenvalue weighted by molar-refractivity contribution is -0.387. The number of rotatable bonds is 3. The highest BCUT2D eigenvalue weighted by atomic mass is 19.1. The van der Waals surface area contributed by atoms with Gasteiger partial charge in [-0.1, -0.05) is 6.07 Å². The van der Waals surface area contributed by atoms with Gasteiger partial charge in [0, 0.05) is 6.07 Å². The average Bonchev–Trinajstić information content (AvgIpc) is 2.67. The van der Waals surface area contributed by atoms with Crippen molar-refractivity contribution in [2.24, 2.45) is 5.73 Å². The molecular weight excluding hydrogens is 231 g/mol. The van der Waals surface area contributed by atoms with E-state index in [1.807, 2.05) is 0 Å². The molecule has 17 heavy (non-hydrogen) atoms. The Hall–Kier alpha value is -1.73. The first-order chi connectivity index (χ1) is 8.09. The van der Waals surface area contributed by atoms with E-state index in [2.05, 4.69) is 0 Å². The van der Waals surface area contributed by atoms with Crippen molar-refractivity contribution < 1.29 is 18.8 Å². The van der Waals surface area contributed by atoms with E-state index in [9.17, 15) is 14.5 Å². The lowest BCUT2D eigenvalue weighted by Gasteiger charge is -2.16. The van der Waals surface area contributed by atoms with Gasteiger partial charge in [0.1, 0.15) is 6.10 Å². The van der Waals surface area contributed by atoms with Crippen LogP contribution in [0.5, 0.6) is 5.75 Å². The van der Waals surface area contributed by atoms with Crippen molar-refractivity contribution in [3.8, 4) is 5.75 Å². The smallest absolute Gasteiger partial charge is 0.308 e. The fourth-order valence-electron chi connectivity index (χ4n) is 1.57. The number of hydrogen-bond donors (Lipinski definition) is 1. The average molecular weight is 242 g/mol. The molecule has 0 aliphatic carbocycles. The summed E-state index contributed by atoms with van der Waals surface area (Å²) >= 11 is 0. The Bertz CT molecular complexity index is 440. The fraction of sp³-hybridized carbons (Fsp3) is 0.400. The maximum atomic E-state index is 13.7. The number of nitrogens with zero attached hydrogens (tertiary/aromatic N) is 1. The van der Waals surface area contributed by atoms with Gasteiger partial charge in [0.25, 0.3) is 0 Å². The summed E-state index contributed by atoms with van der Waals surface area (Å²) in [5.74, 6) is -1.17. The van der Waals surface area contributed by atoms with Gasteiger partial charge in [-0.05, 0) is 6.07 Å². The summed E-state index contributed by atoms with van der Waals surface area (Å²) < 4.78 is 24.0. The predicted molar refractivity (Wildman–Crippen MR) is 56.3 cm³/mol. The Balaban J connectivity index is 2.21. The minimum absolute atomic E-state index is 0.176. The minimum Gasteiger partial charge on any atom is -0.483 e. The molecule has 2 N–H and O–H groups in total. The summed E-state index contributed by atoms with van der Waals surface area (Å²) in [6.07, 6.45) is -0.480. The SMILES string of the molecule is N[C@H]1COC[C@H]1Oc1cccc([N+](=O)[O-])c1F. The molecular formula is C10H11FN2O4. The number of nitro groups is 1. The molecule has 0 bridgehead atoms.